The van der Waals surface area contributed by atoms with Crippen LogP contribution in [0.5, 0.6) is 0 Å². The molecule has 0 atom stereocenters. The van der Waals surface area contributed by atoms with E-state index in [1.807, 2.05) is 13.8 Å². The Morgan fingerprint density at radius 2 is 0.615 bits per heavy atom. The molecule has 0 spiro atoms. The fourth-order valence-electron chi connectivity index (χ4n) is 4.26. The zero-order valence-electron chi connectivity index (χ0n) is 18.2. The molecule has 4 heteroatoms. The maximum absolute atomic E-state index is 11.0. The Kier molecular flexibility index (Phi) is 6.13. The number of aliphatic hydroxyl groups is 4. The predicted octanol–water partition coefficient (Wildman–Crippen LogP) is 3.72. The van der Waals surface area contributed by atoms with Crippen LogP contribution >= 0.6 is 0 Å². The fourth-order valence-corrected chi connectivity index (χ4v) is 4.26. The van der Waals surface area contributed by atoms with Crippen LogP contribution in [0.15, 0.2) is 0 Å². The summed E-state index contributed by atoms with van der Waals surface area (Å²) in [5.74, 6) is 0. The molecule has 0 aliphatic heterocycles. The minimum Gasteiger partial charge on any atom is -0.386 e. The number of hydrogen-bond donors (Lipinski definition) is 4. The first-order valence-corrected chi connectivity index (χ1v) is 9.52. The Morgan fingerprint density at radius 1 is 0.462 bits per heavy atom. The van der Waals surface area contributed by atoms with E-state index < -0.39 is 22.4 Å². The zero-order valence-corrected chi connectivity index (χ0v) is 18.2. The first-order valence-electron chi connectivity index (χ1n) is 9.52. The molecule has 0 saturated heterocycles. The molecule has 1 rings (SSSR count). The molecule has 1 aromatic carbocycles. The second-order valence-corrected chi connectivity index (χ2v) is 9.40. The molecule has 0 aliphatic carbocycles. The van der Waals surface area contributed by atoms with E-state index in [0.717, 1.165) is 11.1 Å². The number of benzene rings is 1. The molecular weight excluding hydrogens is 328 g/mol. The first kappa shape index (κ1) is 23.1. The van der Waals surface area contributed by atoms with Gasteiger partial charge in [-0.3, -0.25) is 0 Å². The van der Waals surface area contributed by atoms with Crippen molar-refractivity contribution in [2.45, 2.75) is 104 Å². The summed E-state index contributed by atoms with van der Waals surface area (Å²) in [5, 5.41) is 44.0. The monoisotopic (exact) mass is 366 g/mol. The molecule has 0 heterocycles. The summed E-state index contributed by atoms with van der Waals surface area (Å²) >= 11 is 0. The summed E-state index contributed by atoms with van der Waals surface area (Å²) in [6, 6.07) is 0. The Balaban J connectivity index is 4.46. The molecule has 0 bridgehead atoms. The van der Waals surface area contributed by atoms with Crippen LogP contribution in [0, 0.1) is 0 Å². The number of rotatable bonds is 6. The van der Waals surface area contributed by atoms with Gasteiger partial charge in [0.05, 0.1) is 22.4 Å². The second kappa shape index (κ2) is 6.90. The van der Waals surface area contributed by atoms with Gasteiger partial charge < -0.3 is 20.4 Å². The van der Waals surface area contributed by atoms with E-state index in [-0.39, 0.29) is 0 Å². The Hall–Kier alpha value is -0.940. The van der Waals surface area contributed by atoms with E-state index in [4.69, 9.17) is 0 Å². The van der Waals surface area contributed by atoms with Crippen molar-refractivity contribution in [3.63, 3.8) is 0 Å². The molecule has 150 valence electrons. The lowest BCUT2D eigenvalue weighted by Crippen LogP contribution is -2.36. The molecule has 0 radical (unpaired) electrons. The van der Waals surface area contributed by atoms with Crippen molar-refractivity contribution < 1.29 is 20.4 Å². The molecule has 0 aromatic heterocycles. The maximum Gasteiger partial charge on any atom is 0.0847 e. The maximum atomic E-state index is 11.0. The normalized spacial score (nSPS) is 14.1. The summed E-state index contributed by atoms with van der Waals surface area (Å²) in [6.45, 7) is 17.6. The van der Waals surface area contributed by atoms with E-state index in [1.54, 1.807) is 55.4 Å². The lowest BCUT2D eigenvalue weighted by Gasteiger charge is -2.41. The van der Waals surface area contributed by atoms with Crippen LogP contribution in [-0.4, -0.2) is 20.4 Å². The van der Waals surface area contributed by atoms with Crippen molar-refractivity contribution in [3.8, 4) is 0 Å². The largest absolute Gasteiger partial charge is 0.386 e. The predicted molar refractivity (Wildman–Crippen MR) is 106 cm³/mol. The second-order valence-electron chi connectivity index (χ2n) is 9.40. The van der Waals surface area contributed by atoms with Gasteiger partial charge in [0.15, 0.2) is 0 Å². The molecular formula is C22H38O4. The van der Waals surface area contributed by atoms with Crippen LogP contribution in [0.4, 0.5) is 0 Å². The Morgan fingerprint density at radius 3 is 0.692 bits per heavy atom. The van der Waals surface area contributed by atoms with E-state index >= 15 is 0 Å². The lowest BCUT2D eigenvalue weighted by molar-refractivity contribution is 0.0391. The molecule has 0 aliphatic rings. The molecule has 4 N–H and O–H groups in total. The van der Waals surface area contributed by atoms with E-state index in [2.05, 4.69) is 0 Å². The smallest absolute Gasteiger partial charge is 0.0847 e. The van der Waals surface area contributed by atoms with E-state index in [1.165, 1.54) is 0 Å². The standard InChI is InChI=1S/C22H38O4/c1-11-13-15(19(3,4)23)17(21(7,8)25)14(12-2)18(22(9,10)26)16(13)20(5,6)24/h23-26H,11-12H2,1-10H3. The van der Waals surface area contributed by atoms with E-state index in [0.29, 0.717) is 35.1 Å². The average molecular weight is 367 g/mol. The van der Waals surface area contributed by atoms with Crippen LogP contribution in [0.2, 0.25) is 0 Å². The topological polar surface area (TPSA) is 80.9 Å². The quantitative estimate of drug-likeness (QED) is 0.618. The van der Waals surface area contributed by atoms with Crippen molar-refractivity contribution >= 4 is 0 Å². The summed E-state index contributed by atoms with van der Waals surface area (Å²) in [4.78, 5) is 0. The van der Waals surface area contributed by atoms with Crippen molar-refractivity contribution in [2.75, 3.05) is 0 Å². The summed E-state index contributed by atoms with van der Waals surface area (Å²) in [5.41, 5.74) is -0.655. The third-order valence-electron chi connectivity index (χ3n) is 4.86. The molecule has 0 saturated carbocycles. The van der Waals surface area contributed by atoms with Gasteiger partial charge in [0.25, 0.3) is 0 Å². The summed E-state index contributed by atoms with van der Waals surface area (Å²) < 4.78 is 0. The van der Waals surface area contributed by atoms with Gasteiger partial charge in [0.2, 0.25) is 0 Å². The third-order valence-corrected chi connectivity index (χ3v) is 4.86. The van der Waals surface area contributed by atoms with Crippen molar-refractivity contribution in [1.82, 2.24) is 0 Å². The molecule has 4 nitrogen and oxygen atoms in total. The highest BCUT2D eigenvalue weighted by Gasteiger charge is 2.41. The first-order chi connectivity index (χ1) is 11.4. The van der Waals surface area contributed by atoms with Gasteiger partial charge in [-0.2, -0.15) is 0 Å². The minimum atomic E-state index is -1.21. The Bertz CT molecular complexity index is 548. The van der Waals surface area contributed by atoms with Crippen LogP contribution in [0.3, 0.4) is 0 Å². The van der Waals surface area contributed by atoms with Crippen LogP contribution < -0.4 is 0 Å². The van der Waals surface area contributed by atoms with Crippen LogP contribution in [0.25, 0.3) is 0 Å². The van der Waals surface area contributed by atoms with Crippen LogP contribution in [-0.2, 0) is 35.2 Å². The fraction of sp³-hybridized carbons (Fsp3) is 0.727. The van der Waals surface area contributed by atoms with Crippen LogP contribution in [0.1, 0.15) is 103 Å². The Labute approximate surface area is 158 Å². The van der Waals surface area contributed by atoms with Crippen molar-refractivity contribution in [2.24, 2.45) is 0 Å². The van der Waals surface area contributed by atoms with Gasteiger partial charge in [0.1, 0.15) is 0 Å². The average Bonchev–Trinajstić information content (AvgIpc) is 2.39. The van der Waals surface area contributed by atoms with Gasteiger partial charge in [-0.25, -0.2) is 0 Å². The molecule has 26 heavy (non-hydrogen) atoms. The van der Waals surface area contributed by atoms with Gasteiger partial charge in [-0.1, -0.05) is 13.8 Å². The lowest BCUT2D eigenvalue weighted by atomic mass is 9.69. The van der Waals surface area contributed by atoms with Gasteiger partial charge in [-0.05, 0) is 102 Å². The molecule has 0 unspecified atom stereocenters. The number of hydrogen-bond acceptors (Lipinski definition) is 4. The van der Waals surface area contributed by atoms with Gasteiger partial charge in [-0.15, -0.1) is 0 Å². The van der Waals surface area contributed by atoms with E-state index in [9.17, 15) is 20.4 Å². The van der Waals surface area contributed by atoms with Gasteiger partial charge in [0, 0.05) is 0 Å². The summed E-state index contributed by atoms with van der Waals surface area (Å²) in [7, 11) is 0. The van der Waals surface area contributed by atoms with Crippen molar-refractivity contribution in [1.29, 1.82) is 0 Å². The third kappa shape index (κ3) is 4.30. The highest BCUT2D eigenvalue weighted by molar-refractivity contribution is 5.59. The summed E-state index contributed by atoms with van der Waals surface area (Å²) in [6.07, 6.45) is 1.13. The minimum absolute atomic E-state index is 0.564. The molecule has 0 amide bonds. The highest BCUT2D eigenvalue weighted by atomic mass is 16.3. The van der Waals surface area contributed by atoms with Gasteiger partial charge >= 0.3 is 0 Å². The highest BCUT2D eigenvalue weighted by Crippen LogP contribution is 2.46. The zero-order chi connectivity index (χ0) is 20.9. The molecule has 0 fully saturated rings. The molecule has 1 aromatic rings. The van der Waals surface area contributed by atoms with Crippen molar-refractivity contribution in [3.05, 3.63) is 33.4 Å². The SMILES string of the molecule is CCc1c(C(C)(C)O)c(C(C)(C)O)c(CC)c(C(C)(C)O)c1C(C)(C)O.